The molecular weight excluding hydrogens is 408 g/mol. The van der Waals surface area contributed by atoms with E-state index in [0.717, 1.165) is 16.0 Å². The third-order valence-corrected chi connectivity index (χ3v) is 5.73. The zero-order valence-corrected chi connectivity index (χ0v) is 18.2. The van der Waals surface area contributed by atoms with Gasteiger partial charge in [0.1, 0.15) is 12.3 Å². The molecular formula is C24H25N4O4+. The van der Waals surface area contributed by atoms with Gasteiger partial charge in [-0.05, 0) is 17.7 Å². The topological polar surface area (TPSA) is 82.0 Å². The van der Waals surface area contributed by atoms with Gasteiger partial charge in [-0.15, -0.1) is 0 Å². The average Bonchev–Trinajstić information content (AvgIpc) is 3.20. The average molecular weight is 433 g/mol. The summed E-state index contributed by atoms with van der Waals surface area (Å²) >= 11 is 0. The fourth-order valence-electron chi connectivity index (χ4n) is 4.06. The molecule has 1 N–H and O–H groups in total. The molecule has 1 atom stereocenters. The molecule has 0 aromatic heterocycles. The van der Waals surface area contributed by atoms with E-state index in [2.05, 4.69) is 5.32 Å². The summed E-state index contributed by atoms with van der Waals surface area (Å²) in [5.41, 5.74) is 2.13. The number of benzene rings is 2. The number of nitrogens with zero attached hydrogens (tertiary/aromatic N) is 3. The SMILES string of the molecule is COc1ccccc1CNC(=O)C1=CC2C(=O)N(C)C(=O)N(C)C2=[N+]1Cc1ccccc1. The van der Waals surface area contributed by atoms with E-state index in [1.807, 2.05) is 54.6 Å². The Morgan fingerprint density at radius 1 is 1.03 bits per heavy atom. The molecule has 0 aliphatic carbocycles. The second-order valence-electron chi connectivity index (χ2n) is 7.69. The quantitative estimate of drug-likeness (QED) is 0.706. The lowest BCUT2D eigenvalue weighted by Crippen LogP contribution is -2.57. The Hall–Kier alpha value is -3.94. The van der Waals surface area contributed by atoms with E-state index in [9.17, 15) is 14.4 Å². The van der Waals surface area contributed by atoms with Gasteiger partial charge in [-0.3, -0.25) is 9.59 Å². The Kier molecular flexibility index (Phi) is 5.77. The van der Waals surface area contributed by atoms with Crippen molar-refractivity contribution in [2.24, 2.45) is 5.92 Å². The van der Waals surface area contributed by atoms with Gasteiger partial charge >= 0.3 is 6.03 Å². The first-order chi connectivity index (χ1) is 15.4. The van der Waals surface area contributed by atoms with E-state index in [0.29, 0.717) is 23.8 Å². The summed E-state index contributed by atoms with van der Waals surface area (Å²) in [6.45, 7) is 0.622. The van der Waals surface area contributed by atoms with Gasteiger partial charge in [0.05, 0.1) is 14.2 Å². The molecule has 2 aromatic carbocycles. The molecule has 8 nitrogen and oxygen atoms in total. The minimum Gasteiger partial charge on any atom is -0.496 e. The van der Waals surface area contributed by atoms with E-state index in [1.54, 1.807) is 24.8 Å². The maximum atomic E-state index is 13.2. The van der Waals surface area contributed by atoms with Crippen LogP contribution < -0.4 is 10.1 Å². The molecule has 32 heavy (non-hydrogen) atoms. The third kappa shape index (κ3) is 3.75. The summed E-state index contributed by atoms with van der Waals surface area (Å²) in [5.74, 6) is -0.207. The van der Waals surface area contributed by atoms with Crippen LogP contribution in [0.1, 0.15) is 11.1 Å². The van der Waals surface area contributed by atoms with Crippen LogP contribution in [0.5, 0.6) is 5.75 Å². The number of para-hydroxylation sites is 1. The van der Waals surface area contributed by atoms with Gasteiger partial charge in [0.2, 0.25) is 0 Å². The minimum atomic E-state index is -0.696. The summed E-state index contributed by atoms with van der Waals surface area (Å²) in [4.78, 5) is 41.2. The number of hydrogen-bond acceptors (Lipinski definition) is 4. The number of hydrogen-bond donors (Lipinski definition) is 1. The molecule has 2 aliphatic heterocycles. The number of amidine groups is 1. The monoisotopic (exact) mass is 433 g/mol. The normalized spacial score (nSPS) is 18.0. The molecule has 164 valence electrons. The third-order valence-electron chi connectivity index (χ3n) is 5.73. The highest BCUT2D eigenvalue weighted by Gasteiger charge is 2.51. The van der Waals surface area contributed by atoms with Crippen molar-refractivity contribution in [2.45, 2.75) is 13.1 Å². The molecule has 1 unspecified atom stereocenters. The van der Waals surface area contributed by atoms with E-state index >= 15 is 0 Å². The Balaban J connectivity index is 1.67. The number of rotatable bonds is 6. The minimum absolute atomic E-state index is 0.266. The fourth-order valence-corrected chi connectivity index (χ4v) is 4.06. The number of amides is 4. The molecule has 1 saturated heterocycles. The second-order valence-corrected chi connectivity index (χ2v) is 7.69. The van der Waals surface area contributed by atoms with Crippen molar-refractivity contribution in [2.75, 3.05) is 21.2 Å². The lowest BCUT2D eigenvalue weighted by molar-refractivity contribution is -0.490. The molecule has 0 bridgehead atoms. The first-order valence-corrected chi connectivity index (χ1v) is 10.3. The van der Waals surface area contributed by atoms with Gasteiger partial charge in [0.15, 0.2) is 11.6 Å². The van der Waals surface area contributed by atoms with E-state index in [4.69, 9.17) is 4.74 Å². The lowest BCUT2D eigenvalue weighted by atomic mass is 10.0. The van der Waals surface area contributed by atoms with Gasteiger partial charge in [0.25, 0.3) is 17.6 Å². The highest BCUT2D eigenvalue weighted by atomic mass is 16.5. The van der Waals surface area contributed by atoms with Crippen molar-refractivity contribution in [1.29, 1.82) is 0 Å². The van der Waals surface area contributed by atoms with Crippen LogP contribution in [0.2, 0.25) is 0 Å². The van der Waals surface area contributed by atoms with Crippen LogP contribution in [0.4, 0.5) is 4.79 Å². The summed E-state index contributed by atoms with van der Waals surface area (Å²) < 4.78 is 7.11. The number of imide groups is 1. The lowest BCUT2D eigenvalue weighted by Gasteiger charge is -2.27. The van der Waals surface area contributed by atoms with Crippen LogP contribution in [0.3, 0.4) is 0 Å². The van der Waals surface area contributed by atoms with Gasteiger partial charge in [-0.1, -0.05) is 48.5 Å². The summed E-state index contributed by atoms with van der Waals surface area (Å²) in [7, 11) is 4.65. The van der Waals surface area contributed by atoms with Gasteiger partial charge in [-0.2, -0.15) is 4.90 Å². The summed E-state index contributed by atoms with van der Waals surface area (Å²) in [5, 5.41) is 2.92. The number of methoxy groups -OCH3 is 1. The Bertz CT molecular complexity index is 1140. The highest BCUT2D eigenvalue weighted by Crippen LogP contribution is 2.27. The molecule has 4 rings (SSSR count). The number of nitrogens with one attached hydrogen (secondary N) is 1. The second kappa shape index (κ2) is 8.66. The largest absolute Gasteiger partial charge is 0.496 e. The number of carbonyl (C=O) groups is 3. The molecule has 0 spiro atoms. The predicted molar refractivity (Wildman–Crippen MR) is 118 cm³/mol. The molecule has 8 heteroatoms. The zero-order chi connectivity index (χ0) is 22.8. The Morgan fingerprint density at radius 2 is 1.72 bits per heavy atom. The number of fused-ring (bicyclic) bond motifs is 1. The van der Waals surface area contributed by atoms with Crippen LogP contribution in [-0.4, -0.2) is 59.3 Å². The van der Waals surface area contributed by atoms with Crippen molar-refractivity contribution in [3.05, 3.63) is 77.5 Å². The maximum Gasteiger partial charge on any atom is 0.417 e. The molecule has 0 radical (unpaired) electrons. The van der Waals surface area contributed by atoms with Crippen molar-refractivity contribution in [3.63, 3.8) is 0 Å². The number of urea groups is 1. The Labute approximate surface area is 186 Å². The van der Waals surface area contributed by atoms with Crippen LogP contribution in [0, 0.1) is 5.92 Å². The van der Waals surface area contributed by atoms with Crippen LogP contribution in [-0.2, 0) is 22.7 Å². The van der Waals surface area contributed by atoms with Gasteiger partial charge in [0, 0.05) is 19.2 Å². The van der Waals surface area contributed by atoms with Gasteiger partial charge in [-0.25, -0.2) is 14.3 Å². The standard InChI is InChI=1S/C24H24N4O4/c1-26-22-18(23(30)27(2)24(26)31)13-19(28(22)15-16-9-5-4-6-10-16)21(29)25-14-17-11-7-8-12-20(17)32-3/h4-13,18H,14-15H2,1-3H3/p+1. The zero-order valence-electron chi connectivity index (χ0n) is 18.2. The van der Waals surface area contributed by atoms with E-state index in [1.165, 1.54) is 11.9 Å². The van der Waals surface area contributed by atoms with Crippen molar-refractivity contribution < 1.29 is 23.7 Å². The molecule has 2 aromatic rings. The molecule has 2 heterocycles. The number of ether oxygens (including phenoxy) is 1. The van der Waals surface area contributed by atoms with Crippen LogP contribution in [0.25, 0.3) is 0 Å². The van der Waals surface area contributed by atoms with Gasteiger partial charge < -0.3 is 10.1 Å². The van der Waals surface area contributed by atoms with E-state index < -0.39 is 11.9 Å². The fraction of sp³-hybridized carbons (Fsp3) is 0.250. The predicted octanol–water partition coefficient (Wildman–Crippen LogP) is 1.96. The van der Waals surface area contributed by atoms with Crippen molar-refractivity contribution in [1.82, 2.24) is 15.1 Å². The Morgan fingerprint density at radius 3 is 2.44 bits per heavy atom. The summed E-state index contributed by atoms with van der Waals surface area (Å²) in [6, 6.07) is 16.6. The maximum absolute atomic E-state index is 13.2. The number of carbonyl (C=O) groups excluding carboxylic acids is 3. The first kappa shape index (κ1) is 21.3. The van der Waals surface area contributed by atoms with Crippen LogP contribution >= 0.6 is 0 Å². The molecule has 2 aliphatic rings. The molecule has 0 saturated carbocycles. The van der Waals surface area contributed by atoms with E-state index in [-0.39, 0.29) is 18.4 Å². The molecule has 4 amide bonds. The first-order valence-electron chi connectivity index (χ1n) is 10.3. The molecule has 1 fully saturated rings. The highest BCUT2D eigenvalue weighted by molar-refractivity contribution is 6.19. The van der Waals surface area contributed by atoms with Crippen molar-refractivity contribution >= 4 is 23.7 Å². The van der Waals surface area contributed by atoms with Crippen molar-refractivity contribution in [3.8, 4) is 5.75 Å². The summed E-state index contributed by atoms with van der Waals surface area (Å²) in [6.07, 6.45) is 1.64. The smallest absolute Gasteiger partial charge is 0.417 e. The van der Waals surface area contributed by atoms with Crippen LogP contribution in [0.15, 0.2) is 66.4 Å².